The number of carboxylic acids is 1. The lowest BCUT2D eigenvalue weighted by Gasteiger charge is -2.45. The molecule has 4 heteroatoms. The van der Waals surface area contributed by atoms with E-state index in [1.54, 1.807) is 0 Å². The Morgan fingerprint density at radius 3 is 1.60 bits per heavy atom. The van der Waals surface area contributed by atoms with Crippen LogP contribution in [0.15, 0.2) is 60.7 Å². The zero-order chi connectivity index (χ0) is 18.7. The highest BCUT2D eigenvalue weighted by Crippen LogP contribution is 2.38. The third-order valence-electron chi connectivity index (χ3n) is 4.57. The summed E-state index contributed by atoms with van der Waals surface area (Å²) in [5.41, 5.74) is 0. The molecule has 2 aromatic carbocycles. The quantitative estimate of drug-likeness (QED) is 0.803. The molecule has 0 amide bonds. The van der Waals surface area contributed by atoms with E-state index in [4.69, 9.17) is 4.43 Å². The van der Waals surface area contributed by atoms with Gasteiger partial charge in [-0.1, -0.05) is 95.3 Å². The normalized spacial score (nSPS) is 13.7. The molecule has 2 rings (SSSR count). The molecule has 0 saturated heterocycles. The summed E-state index contributed by atoms with van der Waals surface area (Å²) >= 11 is 0. The van der Waals surface area contributed by atoms with Gasteiger partial charge >= 0.3 is 5.97 Å². The summed E-state index contributed by atoms with van der Waals surface area (Å²) in [4.78, 5) is 11.9. The predicted molar refractivity (Wildman–Crippen MR) is 105 cm³/mol. The molecular formula is C21H28O3Si. The van der Waals surface area contributed by atoms with Crippen LogP contribution in [0.25, 0.3) is 0 Å². The minimum absolute atomic E-state index is 0.112. The van der Waals surface area contributed by atoms with Gasteiger partial charge in [-0.15, -0.1) is 0 Å². The first kappa shape index (κ1) is 19.4. The van der Waals surface area contributed by atoms with Crippen molar-refractivity contribution in [2.24, 2.45) is 5.92 Å². The maximum Gasteiger partial charge on any atom is 0.331 e. The molecule has 25 heavy (non-hydrogen) atoms. The minimum atomic E-state index is -2.82. The number of carbonyl (C=O) groups is 1. The van der Waals surface area contributed by atoms with Crippen LogP contribution in [0.1, 0.15) is 34.6 Å². The molecule has 1 N–H and O–H groups in total. The van der Waals surface area contributed by atoms with Gasteiger partial charge in [0.2, 0.25) is 0 Å². The molecular weight excluding hydrogens is 328 g/mol. The van der Waals surface area contributed by atoms with Crippen molar-refractivity contribution < 1.29 is 14.3 Å². The fraction of sp³-hybridized carbons (Fsp3) is 0.381. The summed E-state index contributed by atoms with van der Waals surface area (Å²) in [5, 5.41) is 11.7. The Labute approximate surface area is 151 Å². The third-order valence-corrected chi connectivity index (χ3v) is 9.58. The van der Waals surface area contributed by atoms with E-state index in [1.165, 1.54) is 0 Å². The van der Waals surface area contributed by atoms with Crippen LogP contribution in [0.5, 0.6) is 0 Å². The van der Waals surface area contributed by atoms with Crippen LogP contribution in [-0.4, -0.2) is 25.5 Å². The lowest BCUT2D eigenvalue weighted by atomic mass is 10.1. The highest BCUT2D eigenvalue weighted by atomic mass is 28.4. The first-order valence-electron chi connectivity index (χ1n) is 8.72. The molecule has 0 radical (unpaired) electrons. The van der Waals surface area contributed by atoms with E-state index < -0.39 is 20.4 Å². The van der Waals surface area contributed by atoms with Crippen LogP contribution < -0.4 is 10.4 Å². The molecule has 0 aliphatic heterocycles. The number of carboxylic acid groups (broad SMARTS) is 1. The number of hydrogen-bond acceptors (Lipinski definition) is 2. The Morgan fingerprint density at radius 2 is 1.32 bits per heavy atom. The predicted octanol–water partition coefficient (Wildman–Crippen LogP) is 3.67. The molecule has 1 atom stereocenters. The molecule has 0 fully saturated rings. The monoisotopic (exact) mass is 356 g/mol. The van der Waals surface area contributed by atoms with Gasteiger partial charge in [-0.2, -0.15) is 0 Å². The van der Waals surface area contributed by atoms with Crippen molar-refractivity contribution >= 4 is 24.7 Å². The Balaban J connectivity index is 2.75. The van der Waals surface area contributed by atoms with Crippen LogP contribution in [0.3, 0.4) is 0 Å². The molecule has 3 nitrogen and oxygen atoms in total. The molecule has 0 unspecified atom stereocenters. The van der Waals surface area contributed by atoms with Crippen molar-refractivity contribution in [2.75, 3.05) is 0 Å². The number of benzene rings is 2. The van der Waals surface area contributed by atoms with E-state index >= 15 is 0 Å². The lowest BCUT2D eigenvalue weighted by Crippen LogP contribution is -2.68. The second-order valence-corrected chi connectivity index (χ2v) is 12.0. The van der Waals surface area contributed by atoms with Gasteiger partial charge in [-0.05, 0) is 21.3 Å². The van der Waals surface area contributed by atoms with E-state index in [0.717, 1.165) is 10.4 Å². The number of hydrogen-bond donors (Lipinski definition) is 1. The number of rotatable bonds is 6. The van der Waals surface area contributed by atoms with Gasteiger partial charge in [0.05, 0.1) is 0 Å². The Morgan fingerprint density at radius 1 is 0.920 bits per heavy atom. The van der Waals surface area contributed by atoms with Crippen LogP contribution in [-0.2, 0) is 9.22 Å². The van der Waals surface area contributed by atoms with Crippen LogP contribution in [0, 0.1) is 5.92 Å². The highest BCUT2D eigenvalue weighted by Gasteiger charge is 2.52. The Kier molecular flexibility index (Phi) is 5.86. The fourth-order valence-electron chi connectivity index (χ4n) is 3.35. The summed E-state index contributed by atoms with van der Waals surface area (Å²) in [6, 6.07) is 20.3. The lowest BCUT2D eigenvalue weighted by molar-refractivity contribution is -0.147. The van der Waals surface area contributed by atoms with Crippen LogP contribution in [0.4, 0.5) is 0 Å². The maximum absolute atomic E-state index is 11.9. The topological polar surface area (TPSA) is 46.5 Å². The second-order valence-electron chi connectivity index (χ2n) is 7.78. The summed E-state index contributed by atoms with van der Waals surface area (Å²) in [7, 11) is -2.82. The molecule has 2 aromatic rings. The first-order valence-corrected chi connectivity index (χ1v) is 10.6. The second kappa shape index (κ2) is 7.54. The molecule has 0 heterocycles. The smallest absolute Gasteiger partial charge is 0.331 e. The van der Waals surface area contributed by atoms with Gasteiger partial charge in [0.25, 0.3) is 8.32 Å². The van der Waals surface area contributed by atoms with Crippen LogP contribution in [0.2, 0.25) is 5.04 Å². The molecule has 0 aromatic heterocycles. The van der Waals surface area contributed by atoms with Crippen molar-refractivity contribution in [1.82, 2.24) is 0 Å². The minimum Gasteiger partial charge on any atom is -0.479 e. The van der Waals surface area contributed by atoms with Gasteiger partial charge in [-0.3, -0.25) is 0 Å². The largest absolute Gasteiger partial charge is 0.479 e. The number of aliphatic carboxylic acids is 1. The summed E-state index contributed by atoms with van der Waals surface area (Å²) in [6.07, 6.45) is -0.841. The van der Waals surface area contributed by atoms with Crippen molar-refractivity contribution in [3.63, 3.8) is 0 Å². The zero-order valence-electron chi connectivity index (χ0n) is 15.7. The Bertz CT molecular complexity index is 651. The summed E-state index contributed by atoms with van der Waals surface area (Å²) in [5.74, 6) is -1.01. The van der Waals surface area contributed by atoms with Crippen molar-refractivity contribution in [3.8, 4) is 0 Å². The van der Waals surface area contributed by atoms with Gasteiger partial charge in [-0.25, -0.2) is 4.79 Å². The van der Waals surface area contributed by atoms with Crippen molar-refractivity contribution in [3.05, 3.63) is 60.7 Å². The fourth-order valence-corrected chi connectivity index (χ4v) is 8.12. The molecule has 0 saturated carbocycles. The standard InChI is InChI=1S/C21H28O3Si/c1-16(2)19(20(22)23)24-25(21(3,4)5,17-12-8-6-9-13-17)18-14-10-7-11-15-18/h6-16,19H,1-5H3,(H,22,23)/t19-/m0/s1. The van der Waals surface area contributed by atoms with Gasteiger partial charge < -0.3 is 9.53 Å². The van der Waals surface area contributed by atoms with Crippen molar-refractivity contribution in [2.45, 2.75) is 45.8 Å². The Hall–Kier alpha value is -1.91. The van der Waals surface area contributed by atoms with Crippen molar-refractivity contribution in [1.29, 1.82) is 0 Å². The van der Waals surface area contributed by atoms with Gasteiger partial charge in [0.1, 0.15) is 6.10 Å². The molecule has 0 spiro atoms. The summed E-state index contributed by atoms with van der Waals surface area (Å²) < 4.78 is 6.64. The van der Waals surface area contributed by atoms with Gasteiger partial charge in [0.15, 0.2) is 0 Å². The molecule has 0 aliphatic carbocycles. The summed E-state index contributed by atoms with van der Waals surface area (Å²) in [6.45, 7) is 10.3. The average Bonchev–Trinajstić information content (AvgIpc) is 2.55. The van der Waals surface area contributed by atoms with E-state index in [9.17, 15) is 9.90 Å². The van der Waals surface area contributed by atoms with E-state index in [2.05, 4.69) is 45.0 Å². The first-order chi connectivity index (χ1) is 11.7. The van der Waals surface area contributed by atoms with Crippen LogP contribution >= 0.6 is 0 Å². The SMILES string of the molecule is CC(C)[C@H](O[Si](c1ccccc1)(c1ccccc1)C(C)(C)C)C(=O)O. The van der Waals surface area contributed by atoms with E-state index in [1.807, 2.05) is 50.2 Å². The average molecular weight is 357 g/mol. The van der Waals surface area contributed by atoms with E-state index in [-0.39, 0.29) is 11.0 Å². The zero-order valence-corrected chi connectivity index (χ0v) is 16.7. The van der Waals surface area contributed by atoms with E-state index in [0.29, 0.717) is 0 Å². The third kappa shape index (κ3) is 3.85. The molecule has 0 bridgehead atoms. The molecule has 0 aliphatic rings. The van der Waals surface area contributed by atoms with Gasteiger partial charge in [0, 0.05) is 0 Å². The maximum atomic E-state index is 11.9. The molecule has 134 valence electrons. The highest BCUT2D eigenvalue weighted by molar-refractivity contribution is 6.99.